The first kappa shape index (κ1) is 12.3. The average molecular weight is 272 g/mol. The van der Waals surface area contributed by atoms with Crippen LogP contribution in [0.3, 0.4) is 0 Å². The summed E-state index contributed by atoms with van der Waals surface area (Å²) in [5, 5.41) is 27.5. The number of aliphatic hydroxyl groups is 1. The van der Waals surface area contributed by atoms with Crippen LogP contribution in [-0.4, -0.2) is 19.9 Å². The minimum absolute atomic E-state index is 0.0500. The van der Waals surface area contributed by atoms with Gasteiger partial charge in [0.05, 0.1) is 0 Å². The number of hydrogen-bond acceptors (Lipinski definition) is 4. The van der Waals surface area contributed by atoms with E-state index in [2.05, 4.69) is 10.2 Å². The van der Waals surface area contributed by atoms with E-state index in [1.807, 2.05) is 10.6 Å². The van der Waals surface area contributed by atoms with Crippen LogP contribution in [-0.2, 0) is 11.1 Å². The average Bonchev–Trinajstić information content (AvgIpc) is 2.87. The Morgan fingerprint density at radius 2 is 1.85 bits per heavy atom. The first-order chi connectivity index (χ1) is 9.52. The molecule has 20 heavy (non-hydrogen) atoms. The summed E-state index contributed by atoms with van der Waals surface area (Å²) < 4.78 is 2.04. The summed E-state index contributed by atoms with van der Waals surface area (Å²) >= 11 is 0. The lowest BCUT2D eigenvalue weighted by Crippen LogP contribution is -2.52. The number of hydrogen-bond donors (Lipinski definition) is 1. The molecule has 5 heteroatoms. The Bertz CT molecular complexity index is 548. The minimum Gasteiger partial charge on any atom is -0.369 e. The molecule has 4 saturated carbocycles. The molecule has 106 valence electrons. The van der Waals surface area contributed by atoms with Crippen molar-refractivity contribution in [3.8, 4) is 6.07 Å². The predicted molar refractivity (Wildman–Crippen MR) is 71.4 cm³/mol. The van der Waals surface area contributed by atoms with Crippen LogP contribution in [0.2, 0.25) is 0 Å². The van der Waals surface area contributed by atoms with Crippen molar-refractivity contribution in [2.45, 2.75) is 56.6 Å². The topological polar surface area (TPSA) is 74.7 Å². The van der Waals surface area contributed by atoms with Crippen molar-refractivity contribution in [2.75, 3.05) is 0 Å². The quantitative estimate of drug-likeness (QED) is 0.835. The molecule has 1 aromatic heterocycles. The van der Waals surface area contributed by atoms with Gasteiger partial charge in [0.15, 0.2) is 5.82 Å². The lowest BCUT2D eigenvalue weighted by molar-refractivity contribution is -0.0494. The zero-order valence-corrected chi connectivity index (χ0v) is 11.8. The number of rotatable bonds is 2. The van der Waals surface area contributed by atoms with Crippen LogP contribution in [0.1, 0.15) is 51.3 Å². The van der Waals surface area contributed by atoms with E-state index in [0.29, 0.717) is 5.82 Å². The van der Waals surface area contributed by atoms with Gasteiger partial charge in [-0.05, 0) is 63.2 Å². The van der Waals surface area contributed by atoms with Crippen molar-refractivity contribution in [1.82, 2.24) is 14.8 Å². The number of nitriles is 1. The van der Waals surface area contributed by atoms with Gasteiger partial charge in [0, 0.05) is 5.54 Å². The molecule has 1 heterocycles. The monoisotopic (exact) mass is 272 g/mol. The summed E-state index contributed by atoms with van der Waals surface area (Å²) in [6.07, 6.45) is 9.30. The molecule has 1 aromatic rings. The highest BCUT2D eigenvalue weighted by molar-refractivity contribution is 5.17. The van der Waals surface area contributed by atoms with E-state index < -0.39 is 5.60 Å². The second-order valence-corrected chi connectivity index (χ2v) is 7.35. The molecule has 0 amide bonds. The lowest BCUT2D eigenvalue weighted by Gasteiger charge is -2.57. The molecule has 0 aromatic carbocycles. The Balaban J connectivity index is 1.79. The molecular weight excluding hydrogens is 252 g/mol. The molecule has 1 N–H and O–H groups in total. The normalized spacial score (nSPS) is 41.4. The third-order valence-corrected chi connectivity index (χ3v) is 5.72. The Morgan fingerprint density at radius 1 is 1.30 bits per heavy atom. The van der Waals surface area contributed by atoms with E-state index in [1.54, 1.807) is 6.33 Å². The van der Waals surface area contributed by atoms with E-state index >= 15 is 0 Å². The molecule has 4 fully saturated rings. The van der Waals surface area contributed by atoms with E-state index in [0.717, 1.165) is 37.0 Å². The van der Waals surface area contributed by atoms with Crippen LogP contribution in [0.25, 0.3) is 0 Å². The fraction of sp³-hybridized carbons (Fsp3) is 0.800. The molecule has 1 unspecified atom stereocenters. The third kappa shape index (κ3) is 1.58. The van der Waals surface area contributed by atoms with Gasteiger partial charge in [-0.3, -0.25) is 0 Å². The molecule has 4 aliphatic carbocycles. The standard InChI is InChI=1S/C15H20N4O/c1-14(20,8-16)13-18-17-9-19(13)15-5-10-2-11(6-15)4-12(3-10)7-15/h9-12,20H,2-7H2,1H3. The van der Waals surface area contributed by atoms with Crippen molar-refractivity contribution < 1.29 is 5.11 Å². The Morgan fingerprint density at radius 3 is 2.35 bits per heavy atom. The number of nitrogens with zero attached hydrogens (tertiary/aromatic N) is 4. The number of aromatic nitrogens is 3. The largest absolute Gasteiger partial charge is 0.369 e. The van der Waals surface area contributed by atoms with Crippen molar-refractivity contribution in [2.24, 2.45) is 17.8 Å². The third-order valence-electron chi connectivity index (χ3n) is 5.72. The summed E-state index contributed by atoms with van der Waals surface area (Å²) in [4.78, 5) is 0. The zero-order valence-electron chi connectivity index (χ0n) is 11.8. The van der Waals surface area contributed by atoms with Gasteiger partial charge in [-0.2, -0.15) is 5.26 Å². The van der Waals surface area contributed by atoms with E-state index in [1.165, 1.54) is 26.2 Å². The van der Waals surface area contributed by atoms with Crippen LogP contribution < -0.4 is 0 Å². The van der Waals surface area contributed by atoms with E-state index in [9.17, 15) is 10.4 Å². The zero-order chi connectivity index (χ0) is 14.0. The first-order valence-electron chi connectivity index (χ1n) is 7.57. The molecule has 4 bridgehead atoms. The molecule has 5 rings (SSSR count). The molecule has 4 aliphatic rings. The maximum absolute atomic E-state index is 10.3. The fourth-order valence-electron chi connectivity index (χ4n) is 5.32. The van der Waals surface area contributed by atoms with Gasteiger partial charge < -0.3 is 9.67 Å². The van der Waals surface area contributed by atoms with Crippen LogP contribution in [0.4, 0.5) is 0 Å². The van der Waals surface area contributed by atoms with Crippen LogP contribution in [0.5, 0.6) is 0 Å². The van der Waals surface area contributed by atoms with Crippen molar-refractivity contribution in [1.29, 1.82) is 5.26 Å². The van der Waals surface area contributed by atoms with Gasteiger partial charge in [0.2, 0.25) is 5.60 Å². The van der Waals surface area contributed by atoms with Crippen LogP contribution >= 0.6 is 0 Å². The summed E-state index contributed by atoms with van der Waals surface area (Å²) in [6, 6.07) is 1.95. The highest BCUT2D eigenvalue weighted by Gasteiger charge is 2.53. The SMILES string of the molecule is CC(O)(C#N)c1nncn1C12CC3CC(CC(C3)C1)C2. The highest BCUT2D eigenvalue weighted by Crippen LogP contribution is 2.59. The Labute approximate surface area is 118 Å². The second kappa shape index (κ2) is 3.82. The molecule has 0 spiro atoms. The van der Waals surface area contributed by atoms with E-state index in [4.69, 9.17) is 0 Å². The smallest absolute Gasteiger partial charge is 0.208 e. The molecule has 1 atom stereocenters. The summed E-state index contributed by atoms with van der Waals surface area (Å²) in [6.45, 7) is 1.51. The van der Waals surface area contributed by atoms with Crippen molar-refractivity contribution in [3.63, 3.8) is 0 Å². The van der Waals surface area contributed by atoms with E-state index in [-0.39, 0.29) is 5.54 Å². The maximum Gasteiger partial charge on any atom is 0.208 e. The van der Waals surface area contributed by atoms with Crippen molar-refractivity contribution in [3.05, 3.63) is 12.2 Å². The predicted octanol–water partition coefficient (Wildman–Crippen LogP) is 1.93. The molecule has 5 nitrogen and oxygen atoms in total. The molecule has 0 saturated heterocycles. The Kier molecular flexibility index (Phi) is 2.36. The first-order valence-corrected chi connectivity index (χ1v) is 7.57. The van der Waals surface area contributed by atoms with Crippen molar-refractivity contribution >= 4 is 0 Å². The summed E-state index contributed by atoms with van der Waals surface area (Å²) in [5.41, 5.74) is -1.51. The highest BCUT2D eigenvalue weighted by atomic mass is 16.3. The van der Waals surface area contributed by atoms with Gasteiger partial charge in [-0.1, -0.05) is 0 Å². The van der Waals surface area contributed by atoms with Gasteiger partial charge in [0.1, 0.15) is 12.4 Å². The second-order valence-electron chi connectivity index (χ2n) is 7.35. The Hall–Kier alpha value is -1.41. The molecular formula is C15H20N4O. The van der Waals surface area contributed by atoms with Gasteiger partial charge in [0.25, 0.3) is 0 Å². The molecule has 0 aliphatic heterocycles. The maximum atomic E-state index is 10.3. The van der Waals surface area contributed by atoms with Crippen LogP contribution in [0, 0.1) is 29.1 Å². The summed E-state index contributed by atoms with van der Waals surface area (Å²) in [5.74, 6) is 2.84. The minimum atomic E-state index is -1.56. The van der Waals surface area contributed by atoms with Gasteiger partial charge in [-0.15, -0.1) is 10.2 Å². The lowest BCUT2D eigenvalue weighted by atomic mass is 9.53. The molecule has 0 radical (unpaired) electrons. The fourth-order valence-corrected chi connectivity index (χ4v) is 5.32. The summed E-state index contributed by atoms with van der Waals surface area (Å²) in [7, 11) is 0. The van der Waals surface area contributed by atoms with Gasteiger partial charge >= 0.3 is 0 Å². The van der Waals surface area contributed by atoms with Crippen LogP contribution in [0.15, 0.2) is 6.33 Å². The van der Waals surface area contributed by atoms with Gasteiger partial charge in [-0.25, -0.2) is 0 Å².